The van der Waals surface area contributed by atoms with E-state index in [1.165, 1.54) is 12.1 Å². The van der Waals surface area contributed by atoms with Crippen LogP contribution in [-0.2, 0) is 22.2 Å². The summed E-state index contributed by atoms with van der Waals surface area (Å²) in [4.78, 5) is 32.6. The van der Waals surface area contributed by atoms with Crippen molar-refractivity contribution in [1.29, 1.82) is 0 Å². The normalized spacial score (nSPS) is 15.2. The van der Waals surface area contributed by atoms with Crippen LogP contribution in [0.15, 0.2) is 72.8 Å². The molecule has 5 rings (SSSR count). The molecular formula is C27H23F3N4O3. The van der Waals surface area contributed by atoms with E-state index in [-0.39, 0.29) is 18.0 Å². The highest BCUT2D eigenvalue weighted by molar-refractivity contribution is 6.05. The molecule has 37 heavy (non-hydrogen) atoms. The number of imidazole rings is 1. The van der Waals surface area contributed by atoms with E-state index >= 15 is 0 Å². The lowest BCUT2D eigenvalue weighted by molar-refractivity contribution is -0.137. The molecule has 3 aromatic carbocycles. The van der Waals surface area contributed by atoms with Crippen LogP contribution in [-0.4, -0.2) is 35.0 Å². The maximum Gasteiger partial charge on any atom is 0.416 e. The van der Waals surface area contributed by atoms with E-state index in [9.17, 15) is 22.8 Å². The lowest BCUT2D eigenvalue weighted by atomic mass is 10.1. The van der Waals surface area contributed by atoms with Crippen LogP contribution in [0.4, 0.5) is 24.8 Å². The summed E-state index contributed by atoms with van der Waals surface area (Å²) in [6.07, 6.45) is -4.22. The largest absolute Gasteiger partial charge is 0.497 e. The van der Waals surface area contributed by atoms with E-state index in [1.54, 1.807) is 16.6 Å². The fraction of sp³-hybridized carbons (Fsp3) is 0.222. The maximum absolute atomic E-state index is 13.5. The van der Waals surface area contributed by atoms with Gasteiger partial charge in [0.1, 0.15) is 11.8 Å². The fourth-order valence-corrected chi connectivity index (χ4v) is 4.50. The molecule has 2 heterocycles. The number of halogens is 3. The summed E-state index contributed by atoms with van der Waals surface area (Å²) in [5.41, 5.74) is 1.53. The van der Waals surface area contributed by atoms with Gasteiger partial charge >= 0.3 is 6.18 Å². The molecule has 1 N–H and O–H groups in total. The van der Waals surface area contributed by atoms with E-state index < -0.39 is 23.7 Å². The van der Waals surface area contributed by atoms with Crippen LogP contribution in [0.5, 0.6) is 5.75 Å². The first-order chi connectivity index (χ1) is 17.7. The van der Waals surface area contributed by atoms with Gasteiger partial charge in [-0.2, -0.15) is 13.2 Å². The lowest BCUT2D eigenvalue weighted by Crippen LogP contribution is -2.33. The molecule has 10 heteroatoms. The number of rotatable bonds is 7. The van der Waals surface area contributed by atoms with E-state index in [1.807, 2.05) is 48.5 Å². The molecule has 1 aliphatic rings. The number of benzene rings is 3. The Kier molecular flexibility index (Phi) is 6.32. The van der Waals surface area contributed by atoms with Crippen molar-refractivity contribution < 1.29 is 27.5 Å². The lowest BCUT2D eigenvalue weighted by Gasteiger charge is -2.16. The van der Waals surface area contributed by atoms with E-state index in [4.69, 9.17) is 4.74 Å². The maximum atomic E-state index is 13.5. The van der Waals surface area contributed by atoms with Gasteiger partial charge in [-0.15, -0.1) is 0 Å². The molecule has 4 aromatic rings. The molecule has 190 valence electrons. The number of para-hydroxylation sites is 2. The number of amides is 2. The molecule has 7 nitrogen and oxygen atoms in total. The van der Waals surface area contributed by atoms with Crippen molar-refractivity contribution >= 4 is 34.5 Å². The number of aromatic nitrogens is 2. The Morgan fingerprint density at radius 1 is 1.05 bits per heavy atom. The fourth-order valence-electron chi connectivity index (χ4n) is 4.50. The van der Waals surface area contributed by atoms with Crippen LogP contribution in [0.25, 0.3) is 11.0 Å². The molecule has 0 spiro atoms. The Morgan fingerprint density at radius 2 is 1.81 bits per heavy atom. The third kappa shape index (κ3) is 4.87. The van der Waals surface area contributed by atoms with Gasteiger partial charge in [0.15, 0.2) is 0 Å². The number of nitrogens with zero attached hydrogens (tertiary/aromatic N) is 3. The smallest absolute Gasteiger partial charge is 0.416 e. The van der Waals surface area contributed by atoms with Crippen LogP contribution in [0.3, 0.4) is 0 Å². The molecule has 0 bridgehead atoms. The number of ether oxygens (including phenoxy) is 1. The van der Waals surface area contributed by atoms with Gasteiger partial charge in [0.25, 0.3) is 5.91 Å². The molecule has 2 amide bonds. The molecular weight excluding hydrogens is 485 g/mol. The van der Waals surface area contributed by atoms with Crippen molar-refractivity contribution in [2.45, 2.75) is 25.1 Å². The minimum atomic E-state index is -4.53. The minimum Gasteiger partial charge on any atom is -0.497 e. The Bertz CT molecular complexity index is 1460. The number of fused-ring (bicyclic) bond motifs is 3. The average molecular weight is 509 g/mol. The summed E-state index contributed by atoms with van der Waals surface area (Å²) in [6, 6.07) is 18.4. The van der Waals surface area contributed by atoms with Gasteiger partial charge in [-0.1, -0.05) is 30.3 Å². The van der Waals surface area contributed by atoms with E-state index in [2.05, 4.69) is 10.3 Å². The zero-order valence-corrected chi connectivity index (χ0v) is 19.8. The van der Waals surface area contributed by atoms with Crippen molar-refractivity contribution in [3.8, 4) is 5.75 Å². The minimum absolute atomic E-state index is 0.0114. The number of hydrogen-bond donors (Lipinski definition) is 1. The zero-order valence-electron chi connectivity index (χ0n) is 19.8. The van der Waals surface area contributed by atoms with E-state index in [0.717, 1.165) is 23.4 Å². The van der Waals surface area contributed by atoms with Gasteiger partial charge in [-0.3, -0.25) is 19.1 Å². The highest BCUT2D eigenvalue weighted by Crippen LogP contribution is 2.37. The molecule has 1 aliphatic heterocycles. The number of hydrogen-bond acceptors (Lipinski definition) is 4. The summed E-state index contributed by atoms with van der Waals surface area (Å²) >= 11 is 0. The van der Waals surface area contributed by atoms with Gasteiger partial charge in [-0.25, -0.2) is 4.98 Å². The van der Waals surface area contributed by atoms with Crippen molar-refractivity contribution in [2.24, 2.45) is 0 Å². The van der Waals surface area contributed by atoms with Crippen LogP contribution >= 0.6 is 0 Å². The van der Waals surface area contributed by atoms with Crippen molar-refractivity contribution in [3.05, 3.63) is 83.9 Å². The molecule has 0 saturated carbocycles. The first kappa shape index (κ1) is 24.4. The molecule has 0 fully saturated rings. The van der Waals surface area contributed by atoms with Crippen molar-refractivity contribution in [2.75, 3.05) is 23.9 Å². The predicted molar refractivity (Wildman–Crippen MR) is 133 cm³/mol. The van der Waals surface area contributed by atoms with Crippen LogP contribution < -0.4 is 15.0 Å². The predicted octanol–water partition coefficient (Wildman–Crippen LogP) is 5.22. The summed E-state index contributed by atoms with van der Waals surface area (Å²) < 4.78 is 46.1. The SMILES string of the molecule is COc1ccc(CCN2C(=O)[C@H](CC(=O)Nc3cccc(C(F)(F)F)c3)n3c2nc2ccccc23)cc1. The molecule has 0 saturated heterocycles. The zero-order chi connectivity index (χ0) is 26.2. The van der Waals surface area contributed by atoms with Crippen molar-refractivity contribution in [1.82, 2.24) is 9.55 Å². The average Bonchev–Trinajstić information content (AvgIpc) is 3.37. The van der Waals surface area contributed by atoms with Gasteiger partial charge in [0, 0.05) is 12.2 Å². The molecule has 1 atom stereocenters. The first-order valence-corrected chi connectivity index (χ1v) is 11.6. The first-order valence-electron chi connectivity index (χ1n) is 11.6. The number of methoxy groups -OCH3 is 1. The third-order valence-corrected chi connectivity index (χ3v) is 6.32. The van der Waals surface area contributed by atoms with E-state index in [0.29, 0.717) is 29.9 Å². The molecule has 0 radical (unpaired) electrons. The molecule has 0 unspecified atom stereocenters. The van der Waals surface area contributed by atoms with Crippen LogP contribution in [0.1, 0.15) is 23.6 Å². The molecule has 1 aromatic heterocycles. The van der Waals surface area contributed by atoms with Crippen molar-refractivity contribution in [3.63, 3.8) is 0 Å². The van der Waals surface area contributed by atoms with Gasteiger partial charge in [0.05, 0.1) is 30.1 Å². The topological polar surface area (TPSA) is 76.5 Å². The number of carbonyl (C=O) groups is 2. The Balaban J connectivity index is 1.38. The summed E-state index contributed by atoms with van der Waals surface area (Å²) in [6.45, 7) is 0.347. The quantitative estimate of drug-likeness (QED) is 0.371. The van der Waals surface area contributed by atoms with Gasteiger partial charge in [-0.05, 0) is 54.4 Å². The molecule has 0 aliphatic carbocycles. The monoisotopic (exact) mass is 508 g/mol. The number of anilines is 2. The van der Waals surface area contributed by atoms with Crippen LogP contribution in [0.2, 0.25) is 0 Å². The Hall–Kier alpha value is -4.34. The Morgan fingerprint density at radius 3 is 2.54 bits per heavy atom. The number of carbonyl (C=O) groups excluding carboxylic acids is 2. The van der Waals surface area contributed by atoms with Gasteiger partial charge < -0.3 is 10.1 Å². The summed E-state index contributed by atoms with van der Waals surface area (Å²) in [7, 11) is 1.59. The highest BCUT2D eigenvalue weighted by atomic mass is 19.4. The van der Waals surface area contributed by atoms with Gasteiger partial charge in [0.2, 0.25) is 11.9 Å². The number of nitrogens with one attached hydrogen (secondary N) is 1. The second-order valence-corrected chi connectivity index (χ2v) is 8.71. The summed E-state index contributed by atoms with van der Waals surface area (Å²) in [5, 5.41) is 2.50. The Labute approximate surface area is 210 Å². The second kappa shape index (κ2) is 9.61. The van der Waals surface area contributed by atoms with Crippen LogP contribution in [0, 0.1) is 0 Å². The summed E-state index contributed by atoms with van der Waals surface area (Å²) in [5.74, 6) is 0.311. The standard InChI is InChI=1S/C27H23F3N4O3/c1-37-20-11-9-17(10-12-20)13-14-33-25(36)23(34-22-8-3-2-7-21(22)32-26(33)34)16-24(35)31-19-6-4-5-18(15-19)27(28,29)30/h2-12,15,23H,13-14,16H2,1H3,(H,31,35)/t23-/m0/s1. The second-order valence-electron chi connectivity index (χ2n) is 8.71. The number of alkyl halides is 3. The third-order valence-electron chi connectivity index (χ3n) is 6.32. The highest BCUT2D eigenvalue weighted by Gasteiger charge is 2.40.